The predicted octanol–water partition coefficient (Wildman–Crippen LogP) is 3.53. The van der Waals surface area contributed by atoms with Crippen molar-refractivity contribution < 1.29 is 0 Å². The maximum atomic E-state index is 6.23. The van der Waals surface area contributed by atoms with Gasteiger partial charge in [0.05, 0.1) is 6.20 Å². The number of nitrogens with one attached hydrogen (secondary N) is 1. The molecule has 0 aliphatic rings. The van der Waals surface area contributed by atoms with E-state index in [1.807, 2.05) is 18.8 Å². The second-order valence-electron chi connectivity index (χ2n) is 4.42. The van der Waals surface area contributed by atoms with Crippen molar-refractivity contribution in [3.63, 3.8) is 0 Å². The highest BCUT2D eigenvalue weighted by Gasteiger charge is 2.17. The number of hydrogen-bond donors (Lipinski definition) is 1. The van der Waals surface area contributed by atoms with Gasteiger partial charge in [-0.1, -0.05) is 25.4 Å². The third-order valence-corrected chi connectivity index (χ3v) is 3.96. The van der Waals surface area contributed by atoms with Crippen molar-refractivity contribution in [3.8, 4) is 0 Å². The average molecular weight is 303 g/mol. The van der Waals surface area contributed by atoms with Crippen molar-refractivity contribution in [1.82, 2.24) is 9.97 Å². The molecule has 1 rings (SSSR count). The van der Waals surface area contributed by atoms with E-state index < -0.39 is 0 Å². The fourth-order valence-corrected chi connectivity index (χ4v) is 2.86. The lowest BCUT2D eigenvalue weighted by Gasteiger charge is -2.28. The highest BCUT2D eigenvalue weighted by molar-refractivity contribution is 7.98. The molecule has 4 nitrogen and oxygen atoms in total. The first-order valence-electron chi connectivity index (χ1n) is 6.62. The minimum absolute atomic E-state index is 0.432. The van der Waals surface area contributed by atoms with E-state index in [1.165, 1.54) is 0 Å². The van der Waals surface area contributed by atoms with Crippen LogP contribution in [0, 0.1) is 0 Å². The lowest BCUT2D eigenvalue weighted by atomic mass is 10.2. The monoisotopic (exact) mass is 302 g/mol. The van der Waals surface area contributed by atoms with Gasteiger partial charge in [0.25, 0.3) is 0 Å². The van der Waals surface area contributed by atoms with Crippen LogP contribution in [0.1, 0.15) is 26.7 Å². The van der Waals surface area contributed by atoms with Gasteiger partial charge in [-0.15, -0.1) is 0 Å². The summed E-state index contributed by atoms with van der Waals surface area (Å²) in [4.78, 5) is 10.9. The summed E-state index contributed by atoms with van der Waals surface area (Å²) in [7, 11) is 2.04. The lowest BCUT2D eigenvalue weighted by molar-refractivity contribution is 0.665. The number of nitrogens with zero attached hydrogens (tertiary/aromatic N) is 3. The maximum absolute atomic E-state index is 6.23. The first-order valence-corrected chi connectivity index (χ1v) is 8.39. The standard InChI is InChI=1S/C13H23ClN4S/c1-5-7-15-13-16-8-11(14)12(17-13)18(3)10(6-2)9-19-4/h8,10H,5-7,9H2,1-4H3,(H,15,16,17). The fraction of sp³-hybridized carbons (Fsp3) is 0.692. The summed E-state index contributed by atoms with van der Waals surface area (Å²) >= 11 is 8.06. The third-order valence-electron chi connectivity index (χ3n) is 2.97. The molecule has 0 aromatic carbocycles. The molecule has 1 unspecified atom stereocenters. The fourth-order valence-electron chi connectivity index (χ4n) is 1.80. The third kappa shape index (κ3) is 4.73. The molecule has 0 spiro atoms. The van der Waals surface area contributed by atoms with Gasteiger partial charge in [0.1, 0.15) is 5.02 Å². The Bertz CT molecular complexity index is 389. The summed E-state index contributed by atoms with van der Waals surface area (Å²) in [5.74, 6) is 2.51. The largest absolute Gasteiger partial charge is 0.354 e. The topological polar surface area (TPSA) is 41.1 Å². The zero-order valence-electron chi connectivity index (χ0n) is 12.1. The summed E-state index contributed by atoms with van der Waals surface area (Å²) in [6, 6.07) is 0.432. The smallest absolute Gasteiger partial charge is 0.224 e. The molecule has 1 N–H and O–H groups in total. The van der Waals surface area contributed by atoms with Crippen molar-refractivity contribution >= 4 is 35.1 Å². The molecule has 0 aliphatic carbocycles. The van der Waals surface area contributed by atoms with Gasteiger partial charge in [-0.2, -0.15) is 16.7 Å². The summed E-state index contributed by atoms with van der Waals surface area (Å²) in [5.41, 5.74) is 0. The Labute approximate surface area is 125 Å². The van der Waals surface area contributed by atoms with E-state index in [-0.39, 0.29) is 0 Å². The minimum Gasteiger partial charge on any atom is -0.354 e. The molecule has 1 heterocycles. The normalized spacial score (nSPS) is 12.3. The van der Waals surface area contributed by atoms with Gasteiger partial charge in [0.15, 0.2) is 5.82 Å². The highest BCUT2D eigenvalue weighted by atomic mass is 35.5. The van der Waals surface area contributed by atoms with Gasteiger partial charge >= 0.3 is 0 Å². The number of anilines is 2. The van der Waals surface area contributed by atoms with Crippen LogP contribution in [0.5, 0.6) is 0 Å². The Morgan fingerprint density at radius 1 is 1.47 bits per heavy atom. The molecule has 108 valence electrons. The van der Waals surface area contributed by atoms with Crippen LogP contribution in [-0.4, -0.2) is 41.6 Å². The second-order valence-corrected chi connectivity index (χ2v) is 5.74. The Hall–Kier alpha value is -0.680. The number of rotatable bonds is 8. The first kappa shape index (κ1) is 16.4. The molecular weight excluding hydrogens is 280 g/mol. The van der Waals surface area contributed by atoms with Gasteiger partial charge in [-0.05, 0) is 19.1 Å². The molecule has 0 bridgehead atoms. The minimum atomic E-state index is 0.432. The van der Waals surface area contributed by atoms with Gasteiger partial charge in [0.2, 0.25) is 5.95 Å². The van der Waals surface area contributed by atoms with Crippen LogP contribution in [0.15, 0.2) is 6.20 Å². The van der Waals surface area contributed by atoms with E-state index in [0.717, 1.165) is 31.0 Å². The molecule has 19 heavy (non-hydrogen) atoms. The zero-order chi connectivity index (χ0) is 14.3. The number of hydrogen-bond acceptors (Lipinski definition) is 5. The van der Waals surface area contributed by atoms with E-state index in [0.29, 0.717) is 17.0 Å². The molecule has 1 aromatic rings. The molecule has 0 amide bonds. The zero-order valence-corrected chi connectivity index (χ0v) is 13.7. The summed E-state index contributed by atoms with van der Waals surface area (Å²) in [6.45, 7) is 5.16. The summed E-state index contributed by atoms with van der Waals surface area (Å²) < 4.78 is 0. The SMILES string of the molecule is CCCNc1ncc(Cl)c(N(C)C(CC)CSC)n1. The van der Waals surface area contributed by atoms with Crippen LogP contribution >= 0.6 is 23.4 Å². The Kier molecular flexibility index (Phi) is 7.31. The van der Waals surface area contributed by atoms with Crippen molar-refractivity contribution in [2.45, 2.75) is 32.7 Å². The molecule has 0 saturated heterocycles. The van der Waals surface area contributed by atoms with E-state index in [9.17, 15) is 0 Å². The number of halogens is 1. The maximum Gasteiger partial charge on any atom is 0.224 e. The van der Waals surface area contributed by atoms with Gasteiger partial charge in [0, 0.05) is 25.4 Å². The van der Waals surface area contributed by atoms with Crippen LogP contribution in [0.4, 0.5) is 11.8 Å². The molecule has 0 saturated carbocycles. The van der Waals surface area contributed by atoms with Crippen LogP contribution in [0.25, 0.3) is 0 Å². The Morgan fingerprint density at radius 2 is 2.21 bits per heavy atom. The van der Waals surface area contributed by atoms with Crippen molar-refractivity contribution in [1.29, 1.82) is 0 Å². The molecule has 0 radical (unpaired) electrons. The molecule has 1 atom stereocenters. The lowest BCUT2D eigenvalue weighted by Crippen LogP contribution is -2.34. The molecule has 1 aromatic heterocycles. The van der Waals surface area contributed by atoms with Gasteiger partial charge in [-0.3, -0.25) is 0 Å². The van der Waals surface area contributed by atoms with E-state index in [1.54, 1.807) is 6.20 Å². The van der Waals surface area contributed by atoms with Crippen LogP contribution < -0.4 is 10.2 Å². The van der Waals surface area contributed by atoms with E-state index in [4.69, 9.17) is 11.6 Å². The molecule has 0 aliphatic heterocycles. The average Bonchev–Trinajstić information content (AvgIpc) is 2.43. The number of aromatic nitrogens is 2. The van der Waals surface area contributed by atoms with Crippen molar-refractivity contribution in [2.24, 2.45) is 0 Å². The molecular formula is C13H23ClN4S. The summed E-state index contributed by atoms with van der Waals surface area (Å²) in [5, 5.41) is 3.79. The number of thioether (sulfide) groups is 1. The van der Waals surface area contributed by atoms with Crippen LogP contribution in [-0.2, 0) is 0 Å². The van der Waals surface area contributed by atoms with E-state index >= 15 is 0 Å². The van der Waals surface area contributed by atoms with Crippen molar-refractivity contribution in [2.75, 3.05) is 35.8 Å². The Morgan fingerprint density at radius 3 is 2.79 bits per heavy atom. The second kappa shape index (κ2) is 8.48. The highest BCUT2D eigenvalue weighted by Crippen LogP contribution is 2.25. The van der Waals surface area contributed by atoms with Gasteiger partial charge < -0.3 is 10.2 Å². The predicted molar refractivity (Wildman–Crippen MR) is 86.7 cm³/mol. The first-order chi connectivity index (χ1) is 9.13. The van der Waals surface area contributed by atoms with E-state index in [2.05, 4.69) is 40.3 Å². The quantitative estimate of drug-likeness (QED) is 0.795. The Balaban J connectivity index is 2.90. The van der Waals surface area contributed by atoms with Crippen LogP contribution in [0.3, 0.4) is 0 Å². The molecule has 0 fully saturated rings. The van der Waals surface area contributed by atoms with Crippen LogP contribution in [0.2, 0.25) is 5.02 Å². The molecule has 6 heteroatoms. The summed E-state index contributed by atoms with van der Waals surface area (Å²) in [6.07, 6.45) is 5.90. The van der Waals surface area contributed by atoms with Crippen molar-refractivity contribution in [3.05, 3.63) is 11.2 Å². The van der Waals surface area contributed by atoms with Gasteiger partial charge in [-0.25, -0.2) is 4.98 Å².